The maximum absolute atomic E-state index is 13.0. The maximum atomic E-state index is 13.0. The maximum Gasteiger partial charge on any atom is 0.227 e. The summed E-state index contributed by atoms with van der Waals surface area (Å²) in [6, 6.07) is 7.95. The summed E-state index contributed by atoms with van der Waals surface area (Å²) in [5, 5.41) is 7.82. The Balaban J connectivity index is 1.57. The van der Waals surface area contributed by atoms with Crippen LogP contribution in [0.5, 0.6) is 0 Å². The third-order valence-electron chi connectivity index (χ3n) is 4.13. The Bertz CT molecular complexity index is 830. The van der Waals surface area contributed by atoms with Gasteiger partial charge in [-0.3, -0.25) is 4.79 Å². The standard InChI is InChI=1S/C18H18FN3O2S/c1-12(13-3-5-15(19)6-4-13)22(2)17(23)8-7-16-20-18(21-24-16)14-9-10-25-11-14/h3-6,9-12H,7-8H2,1-2H3. The highest BCUT2D eigenvalue weighted by atomic mass is 32.1. The molecule has 0 bridgehead atoms. The van der Waals surface area contributed by atoms with E-state index in [0.29, 0.717) is 18.1 Å². The molecule has 0 aliphatic rings. The Morgan fingerprint density at radius 1 is 1.32 bits per heavy atom. The summed E-state index contributed by atoms with van der Waals surface area (Å²) in [6.07, 6.45) is 0.657. The molecule has 2 heterocycles. The summed E-state index contributed by atoms with van der Waals surface area (Å²) >= 11 is 1.56. The number of hydrogen-bond acceptors (Lipinski definition) is 5. The number of hydrogen-bond donors (Lipinski definition) is 0. The van der Waals surface area contributed by atoms with E-state index in [9.17, 15) is 9.18 Å². The summed E-state index contributed by atoms with van der Waals surface area (Å²) in [5.41, 5.74) is 1.79. The van der Waals surface area contributed by atoms with Crippen molar-refractivity contribution in [1.29, 1.82) is 0 Å². The molecular weight excluding hydrogens is 341 g/mol. The summed E-state index contributed by atoms with van der Waals surface area (Å²) < 4.78 is 18.2. The Morgan fingerprint density at radius 3 is 2.76 bits per heavy atom. The predicted octanol–water partition coefficient (Wildman–Crippen LogP) is 4.09. The highest BCUT2D eigenvalue weighted by Crippen LogP contribution is 2.21. The molecule has 1 unspecified atom stereocenters. The van der Waals surface area contributed by atoms with Gasteiger partial charge in [0.1, 0.15) is 5.82 Å². The van der Waals surface area contributed by atoms with E-state index >= 15 is 0 Å². The smallest absolute Gasteiger partial charge is 0.227 e. The first kappa shape index (κ1) is 17.3. The number of amides is 1. The van der Waals surface area contributed by atoms with Crippen molar-refractivity contribution in [2.24, 2.45) is 0 Å². The van der Waals surface area contributed by atoms with Crippen LogP contribution in [-0.2, 0) is 11.2 Å². The second-order valence-electron chi connectivity index (χ2n) is 5.76. The molecule has 1 atom stereocenters. The second kappa shape index (κ2) is 7.57. The molecule has 5 nitrogen and oxygen atoms in total. The molecule has 25 heavy (non-hydrogen) atoms. The number of aryl methyl sites for hydroxylation is 1. The Labute approximate surface area is 149 Å². The van der Waals surface area contributed by atoms with E-state index in [2.05, 4.69) is 10.1 Å². The first-order valence-corrected chi connectivity index (χ1v) is 8.85. The minimum absolute atomic E-state index is 0.0351. The van der Waals surface area contributed by atoms with Crippen molar-refractivity contribution < 1.29 is 13.7 Å². The number of carbonyl (C=O) groups excluding carboxylic acids is 1. The molecule has 3 aromatic rings. The minimum Gasteiger partial charge on any atom is -0.339 e. The van der Waals surface area contributed by atoms with Gasteiger partial charge < -0.3 is 9.42 Å². The monoisotopic (exact) mass is 359 g/mol. The molecule has 0 aliphatic heterocycles. The van der Waals surface area contributed by atoms with E-state index < -0.39 is 0 Å². The van der Waals surface area contributed by atoms with Gasteiger partial charge in [0.25, 0.3) is 0 Å². The van der Waals surface area contributed by atoms with Gasteiger partial charge in [0, 0.05) is 30.8 Å². The highest BCUT2D eigenvalue weighted by Gasteiger charge is 2.18. The van der Waals surface area contributed by atoms with Crippen molar-refractivity contribution in [2.75, 3.05) is 7.05 Å². The van der Waals surface area contributed by atoms with Gasteiger partial charge in [-0.1, -0.05) is 17.3 Å². The zero-order valence-corrected chi connectivity index (χ0v) is 14.8. The van der Waals surface area contributed by atoms with E-state index in [1.54, 1.807) is 35.4 Å². The highest BCUT2D eigenvalue weighted by molar-refractivity contribution is 7.08. The molecule has 0 spiro atoms. The van der Waals surface area contributed by atoms with Gasteiger partial charge in [-0.25, -0.2) is 4.39 Å². The molecule has 1 aromatic carbocycles. The average Bonchev–Trinajstić information content (AvgIpc) is 3.30. The number of halogens is 1. The SMILES string of the molecule is CC(c1ccc(F)cc1)N(C)C(=O)CCc1nc(-c2ccsc2)no1. The van der Waals surface area contributed by atoms with Crippen LogP contribution in [0, 0.1) is 5.82 Å². The molecule has 0 fully saturated rings. The molecule has 7 heteroatoms. The van der Waals surface area contributed by atoms with Gasteiger partial charge in [-0.05, 0) is 36.1 Å². The van der Waals surface area contributed by atoms with Gasteiger partial charge in [0.05, 0.1) is 6.04 Å². The lowest BCUT2D eigenvalue weighted by atomic mass is 10.1. The van der Waals surface area contributed by atoms with E-state index in [4.69, 9.17) is 4.52 Å². The number of carbonyl (C=O) groups is 1. The topological polar surface area (TPSA) is 59.2 Å². The largest absolute Gasteiger partial charge is 0.339 e. The van der Waals surface area contributed by atoms with Crippen molar-refractivity contribution in [3.63, 3.8) is 0 Å². The van der Waals surface area contributed by atoms with Crippen LogP contribution in [0.25, 0.3) is 11.4 Å². The van der Waals surface area contributed by atoms with Crippen molar-refractivity contribution in [3.8, 4) is 11.4 Å². The summed E-state index contributed by atoms with van der Waals surface area (Å²) in [7, 11) is 1.74. The molecule has 0 saturated carbocycles. The number of nitrogens with zero attached hydrogens (tertiary/aromatic N) is 3. The minimum atomic E-state index is -0.289. The normalized spacial score (nSPS) is 12.1. The second-order valence-corrected chi connectivity index (χ2v) is 6.54. The molecule has 130 valence electrons. The molecule has 0 radical (unpaired) electrons. The van der Waals surface area contributed by atoms with E-state index in [1.807, 2.05) is 23.8 Å². The van der Waals surface area contributed by atoms with Crippen LogP contribution in [0.1, 0.15) is 30.8 Å². The molecule has 1 amide bonds. The van der Waals surface area contributed by atoms with Crippen molar-refractivity contribution in [1.82, 2.24) is 15.0 Å². The van der Waals surface area contributed by atoms with Crippen LogP contribution in [0.15, 0.2) is 45.6 Å². The van der Waals surface area contributed by atoms with Crippen LogP contribution >= 0.6 is 11.3 Å². The zero-order chi connectivity index (χ0) is 17.8. The van der Waals surface area contributed by atoms with Crippen molar-refractivity contribution >= 4 is 17.2 Å². The lowest BCUT2D eigenvalue weighted by Gasteiger charge is -2.25. The average molecular weight is 359 g/mol. The Hall–Kier alpha value is -2.54. The molecule has 2 aromatic heterocycles. The van der Waals surface area contributed by atoms with Crippen LogP contribution < -0.4 is 0 Å². The molecule has 0 saturated heterocycles. The fourth-order valence-corrected chi connectivity index (χ4v) is 3.07. The van der Waals surface area contributed by atoms with Gasteiger partial charge in [-0.2, -0.15) is 16.3 Å². The quantitative estimate of drug-likeness (QED) is 0.665. The van der Waals surface area contributed by atoms with Gasteiger partial charge in [-0.15, -0.1) is 0 Å². The zero-order valence-electron chi connectivity index (χ0n) is 14.0. The molecule has 0 N–H and O–H groups in total. The van der Waals surface area contributed by atoms with Crippen LogP contribution in [0.2, 0.25) is 0 Å². The number of aromatic nitrogens is 2. The first-order chi connectivity index (χ1) is 12.0. The lowest BCUT2D eigenvalue weighted by molar-refractivity contribution is -0.131. The summed E-state index contributed by atoms with van der Waals surface area (Å²) in [6.45, 7) is 1.91. The third-order valence-corrected chi connectivity index (χ3v) is 4.81. The van der Waals surface area contributed by atoms with Gasteiger partial charge in [0.2, 0.25) is 17.6 Å². The van der Waals surface area contributed by atoms with E-state index in [-0.39, 0.29) is 24.2 Å². The Kier molecular flexibility index (Phi) is 5.23. The fraction of sp³-hybridized carbons (Fsp3) is 0.278. The van der Waals surface area contributed by atoms with Gasteiger partial charge >= 0.3 is 0 Å². The number of rotatable bonds is 6. The lowest BCUT2D eigenvalue weighted by Crippen LogP contribution is -2.29. The first-order valence-electron chi connectivity index (χ1n) is 7.91. The van der Waals surface area contributed by atoms with Crippen LogP contribution in [0.4, 0.5) is 4.39 Å². The van der Waals surface area contributed by atoms with Crippen LogP contribution in [-0.4, -0.2) is 28.0 Å². The predicted molar refractivity (Wildman–Crippen MR) is 93.5 cm³/mol. The molecular formula is C18H18FN3O2S. The van der Waals surface area contributed by atoms with Crippen molar-refractivity contribution in [3.05, 3.63) is 58.4 Å². The summed E-state index contributed by atoms with van der Waals surface area (Å²) in [5.74, 6) is 0.656. The fourth-order valence-electron chi connectivity index (χ4n) is 2.44. The van der Waals surface area contributed by atoms with E-state index in [1.165, 1.54) is 12.1 Å². The van der Waals surface area contributed by atoms with Crippen molar-refractivity contribution in [2.45, 2.75) is 25.8 Å². The van der Waals surface area contributed by atoms with Gasteiger partial charge in [0.15, 0.2) is 0 Å². The molecule has 3 rings (SSSR count). The molecule has 0 aliphatic carbocycles. The third kappa shape index (κ3) is 4.11. The number of benzene rings is 1. The number of thiophene rings is 1. The van der Waals surface area contributed by atoms with Crippen LogP contribution in [0.3, 0.4) is 0 Å². The van der Waals surface area contributed by atoms with E-state index in [0.717, 1.165) is 11.1 Å². The summed E-state index contributed by atoms with van der Waals surface area (Å²) in [4.78, 5) is 18.4. The Morgan fingerprint density at radius 2 is 2.08 bits per heavy atom.